The summed E-state index contributed by atoms with van der Waals surface area (Å²) in [6.45, 7) is 2.49. The normalized spacial score (nSPS) is 19.4. The molecular formula is C14H27N3O3. The first-order chi connectivity index (χ1) is 9.41. The van der Waals surface area contributed by atoms with Crippen molar-refractivity contribution in [1.29, 1.82) is 0 Å². The van der Waals surface area contributed by atoms with E-state index in [1.165, 1.54) is 0 Å². The molecule has 0 radical (unpaired) electrons. The summed E-state index contributed by atoms with van der Waals surface area (Å²) in [5.41, 5.74) is 0. The molecule has 2 atom stereocenters. The van der Waals surface area contributed by atoms with E-state index in [9.17, 15) is 14.7 Å². The molecule has 116 valence electrons. The fraction of sp³-hybridized carbons (Fsp3) is 0.857. The molecule has 1 aliphatic carbocycles. The highest BCUT2D eigenvalue weighted by Crippen LogP contribution is 2.26. The molecule has 0 aromatic rings. The molecule has 0 aromatic carbocycles. The van der Waals surface area contributed by atoms with Crippen molar-refractivity contribution < 1.29 is 14.7 Å². The van der Waals surface area contributed by atoms with Gasteiger partial charge in [-0.3, -0.25) is 0 Å². The number of nitrogens with one attached hydrogen (secondary N) is 2. The Morgan fingerprint density at radius 2 is 1.85 bits per heavy atom. The van der Waals surface area contributed by atoms with Gasteiger partial charge in [-0.05, 0) is 39.8 Å². The molecule has 0 saturated heterocycles. The number of likely N-dealkylation sites (N-methyl/N-ethyl adjacent to an activating group) is 1. The fourth-order valence-electron chi connectivity index (χ4n) is 2.46. The molecule has 1 fully saturated rings. The number of urea groups is 1. The highest BCUT2D eigenvalue weighted by molar-refractivity contribution is 5.82. The minimum atomic E-state index is -0.937. The van der Waals surface area contributed by atoms with Gasteiger partial charge < -0.3 is 20.6 Å². The maximum Gasteiger partial charge on any atom is 0.326 e. The van der Waals surface area contributed by atoms with Crippen LogP contribution in [0, 0.1) is 5.92 Å². The Balaban J connectivity index is 2.44. The summed E-state index contributed by atoms with van der Waals surface area (Å²) >= 11 is 0. The van der Waals surface area contributed by atoms with Crippen LogP contribution in [0.5, 0.6) is 0 Å². The highest BCUT2D eigenvalue weighted by Gasteiger charge is 2.30. The second-order valence-corrected chi connectivity index (χ2v) is 5.88. The topological polar surface area (TPSA) is 81.7 Å². The first-order valence-electron chi connectivity index (χ1n) is 7.35. The van der Waals surface area contributed by atoms with Gasteiger partial charge >= 0.3 is 12.0 Å². The van der Waals surface area contributed by atoms with E-state index in [1.807, 2.05) is 25.9 Å². The number of nitrogens with zero attached hydrogens (tertiary/aromatic N) is 1. The van der Waals surface area contributed by atoms with Crippen LogP contribution in [0.1, 0.15) is 39.0 Å². The summed E-state index contributed by atoms with van der Waals surface area (Å²) in [6, 6.07) is -0.958. The number of carbonyl (C=O) groups excluding carboxylic acids is 1. The van der Waals surface area contributed by atoms with Gasteiger partial charge in [0.1, 0.15) is 6.04 Å². The van der Waals surface area contributed by atoms with Crippen LogP contribution in [-0.2, 0) is 4.79 Å². The third-order valence-corrected chi connectivity index (χ3v) is 4.11. The first kappa shape index (κ1) is 16.8. The zero-order valence-electron chi connectivity index (χ0n) is 12.7. The summed E-state index contributed by atoms with van der Waals surface area (Å²) in [6.07, 6.45) is 5.02. The minimum absolute atomic E-state index is 0.0540. The third kappa shape index (κ3) is 5.36. The lowest BCUT2D eigenvalue weighted by molar-refractivity contribution is -0.141. The van der Waals surface area contributed by atoms with E-state index in [0.29, 0.717) is 6.54 Å². The molecule has 0 spiro atoms. The highest BCUT2D eigenvalue weighted by atomic mass is 16.4. The van der Waals surface area contributed by atoms with Gasteiger partial charge in [0, 0.05) is 12.6 Å². The zero-order valence-corrected chi connectivity index (χ0v) is 12.7. The molecule has 0 heterocycles. The van der Waals surface area contributed by atoms with Crippen LogP contribution in [0.3, 0.4) is 0 Å². The van der Waals surface area contributed by atoms with Gasteiger partial charge in [-0.1, -0.05) is 19.3 Å². The van der Waals surface area contributed by atoms with E-state index >= 15 is 0 Å². The van der Waals surface area contributed by atoms with Crippen molar-refractivity contribution in [3.63, 3.8) is 0 Å². The van der Waals surface area contributed by atoms with Gasteiger partial charge in [-0.25, -0.2) is 9.59 Å². The number of aliphatic carboxylic acids is 1. The minimum Gasteiger partial charge on any atom is -0.480 e. The van der Waals surface area contributed by atoms with E-state index in [-0.39, 0.29) is 12.0 Å². The number of rotatable bonds is 6. The van der Waals surface area contributed by atoms with Crippen molar-refractivity contribution in [2.75, 3.05) is 20.6 Å². The average molecular weight is 285 g/mol. The van der Waals surface area contributed by atoms with Gasteiger partial charge in [-0.2, -0.15) is 0 Å². The van der Waals surface area contributed by atoms with E-state index in [4.69, 9.17) is 0 Å². The molecule has 6 nitrogen and oxygen atoms in total. The standard InChI is InChI=1S/C14H27N3O3/c1-10(17(2)3)9-15-14(20)16-12(13(18)19)11-7-5-4-6-8-11/h10-12H,4-9H2,1-3H3,(H,18,19)(H2,15,16,20). The molecular weight excluding hydrogens is 258 g/mol. The van der Waals surface area contributed by atoms with E-state index in [0.717, 1.165) is 32.1 Å². The van der Waals surface area contributed by atoms with Gasteiger partial charge in [0.15, 0.2) is 0 Å². The largest absolute Gasteiger partial charge is 0.480 e. The molecule has 1 aliphatic rings. The lowest BCUT2D eigenvalue weighted by Crippen LogP contribution is -2.51. The van der Waals surface area contributed by atoms with Gasteiger partial charge in [0.05, 0.1) is 0 Å². The Labute approximate surface area is 120 Å². The maximum absolute atomic E-state index is 11.8. The predicted octanol–water partition coefficient (Wildman–Crippen LogP) is 1.27. The van der Waals surface area contributed by atoms with Crippen LogP contribution in [0.2, 0.25) is 0 Å². The third-order valence-electron chi connectivity index (χ3n) is 4.11. The van der Waals surface area contributed by atoms with Crippen LogP contribution in [0.15, 0.2) is 0 Å². The lowest BCUT2D eigenvalue weighted by Gasteiger charge is -2.28. The Kier molecular flexibility index (Phi) is 6.78. The molecule has 1 rings (SSSR count). The summed E-state index contributed by atoms with van der Waals surface area (Å²) in [7, 11) is 3.87. The summed E-state index contributed by atoms with van der Waals surface area (Å²) in [5, 5.41) is 14.6. The SMILES string of the molecule is CC(CNC(=O)NC(C(=O)O)C1CCCCC1)N(C)C. The Hall–Kier alpha value is -1.30. The van der Waals surface area contributed by atoms with Crippen molar-refractivity contribution in [2.24, 2.45) is 5.92 Å². The Bertz CT molecular complexity index is 328. The van der Waals surface area contributed by atoms with Crippen molar-refractivity contribution in [3.8, 4) is 0 Å². The van der Waals surface area contributed by atoms with Crippen molar-refractivity contribution in [2.45, 2.75) is 51.1 Å². The molecule has 0 bridgehead atoms. The molecule has 1 saturated carbocycles. The summed E-state index contributed by atoms with van der Waals surface area (Å²) in [5.74, 6) is -0.883. The smallest absolute Gasteiger partial charge is 0.326 e. The van der Waals surface area contributed by atoms with Crippen molar-refractivity contribution >= 4 is 12.0 Å². The van der Waals surface area contributed by atoms with E-state index < -0.39 is 18.0 Å². The van der Waals surface area contributed by atoms with E-state index in [2.05, 4.69) is 10.6 Å². The zero-order chi connectivity index (χ0) is 15.1. The van der Waals surface area contributed by atoms with Crippen LogP contribution in [-0.4, -0.2) is 54.7 Å². The number of amides is 2. The quantitative estimate of drug-likeness (QED) is 0.686. The number of carboxylic acids is 1. The van der Waals surface area contributed by atoms with Gasteiger partial charge in [-0.15, -0.1) is 0 Å². The second-order valence-electron chi connectivity index (χ2n) is 5.88. The Morgan fingerprint density at radius 3 is 2.35 bits per heavy atom. The lowest BCUT2D eigenvalue weighted by atomic mass is 9.84. The molecule has 2 amide bonds. The molecule has 3 N–H and O–H groups in total. The Morgan fingerprint density at radius 1 is 1.25 bits per heavy atom. The van der Waals surface area contributed by atoms with Crippen LogP contribution < -0.4 is 10.6 Å². The number of hydrogen-bond acceptors (Lipinski definition) is 3. The van der Waals surface area contributed by atoms with Crippen molar-refractivity contribution in [3.05, 3.63) is 0 Å². The van der Waals surface area contributed by atoms with Crippen LogP contribution in [0.4, 0.5) is 4.79 Å². The van der Waals surface area contributed by atoms with Crippen LogP contribution >= 0.6 is 0 Å². The van der Waals surface area contributed by atoms with Gasteiger partial charge in [0.25, 0.3) is 0 Å². The number of carbonyl (C=O) groups is 2. The maximum atomic E-state index is 11.8. The van der Waals surface area contributed by atoms with Crippen molar-refractivity contribution in [1.82, 2.24) is 15.5 Å². The first-order valence-corrected chi connectivity index (χ1v) is 7.35. The van der Waals surface area contributed by atoms with Crippen LogP contribution in [0.25, 0.3) is 0 Å². The van der Waals surface area contributed by atoms with Gasteiger partial charge in [0.2, 0.25) is 0 Å². The number of hydrogen-bond donors (Lipinski definition) is 3. The summed E-state index contributed by atoms with van der Waals surface area (Å²) < 4.78 is 0. The summed E-state index contributed by atoms with van der Waals surface area (Å²) in [4.78, 5) is 25.1. The predicted molar refractivity (Wildman–Crippen MR) is 77.7 cm³/mol. The second kappa shape index (κ2) is 8.09. The fourth-order valence-corrected chi connectivity index (χ4v) is 2.46. The monoisotopic (exact) mass is 285 g/mol. The number of carboxylic acid groups (broad SMARTS) is 1. The average Bonchev–Trinajstić information content (AvgIpc) is 2.42. The molecule has 0 aromatic heterocycles. The van der Waals surface area contributed by atoms with E-state index in [1.54, 1.807) is 0 Å². The molecule has 6 heteroatoms. The molecule has 0 aliphatic heterocycles. The molecule has 2 unspecified atom stereocenters. The molecule has 20 heavy (non-hydrogen) atoms.